The Morgan fingerprint density at radius 1 is 1.48 bits per heavy atom. The molecule has 1 N–H and O–H groups in total. The van der Waals surface area contributed by atoms with Crippen LogP contribution >= 0.6 is 11.3 Å². The number of amides is 2. The van der Waals surface area contributed by atoms with Crippen molar-refractivity contribution in [3.63, 3.8) is 0 Å². The molecule has 0 radical (unpaired) electrons. The molecule has 21 heavy (non-hydrogen) atoms. The average molecular weight is 306 g/mol. The van der Waals surface area contributed by atoms with Crippen LogP contribution in [-0.4, -0.2) is 60.0 Å². The summed E-state index contributed by atoms with van der Waals surface area (Å²) in [6.07, 6.45) is 0.424. The Balaban J connectivity index is 2.12. The summed E-state index contributed by atoms with van der Waals surface area (Å²) in [6, 6.07) is 1.82. The highest BCUT2D eigenvalue weighted by Crippen LogP contribution is 2.23. The van der Waals surface area contributed by atoms with E-state index in [0.717, 1.165) is 10.4 Å². The van der Waals surface area contributed by atoms with Crippen LogP contribution in [0.1, 0.15) is 26.5 Å². The molecular weight excluding hydrogens is 288 g/mol. The maximum Gasteiger partial charge on any atom is 0.264 e. The summed E-state index contributed by atoms with van der Waals surface area (Å²) >= 11 is 1.34. The first-order valence-corrected chi connectivity index (χ1v) is 7.58. The molecule has 1 aliphatic heterocycles. The molecular formula is C15H18N2O3S. The van der Waals surface area contributed by atoms with Crippen molar-refractivity contribution in [2.75, 3.05) is 33.3 Å². The van der Waals surface area contributed by atoms with E-state index < -0.39 is 0 Å². The van der Waals surface area contributed by atoms with Gasteiger partial charge in [-0.25, -0.2) is 0 Å². The van der Waals surface area contributed by atoms with Crippen LogP contribution < -0.4 is 0 Å². The van der Waals surface area contributed by atoms with Gasteiger partial charge in [-0.3, -0.25) is 9.59 Å². The summed E-state index contributed by atoms with van der Waals surface area (Å²) < 4.78 is 0. The first-order valence-electron chi connectivity index (χ1n) is 6.76. The van der Waals surface area contributed by atoms with Crippen LogP contribution in [-0.2, 0) is 4.79 Å². The van der Waals surface area contributed by atoms with Gasteiger partial charge in [0.15, 0.2) is 0 Å². The lowest BCUT2D eigenvalue weighted by Gasteiger charge is -2.31. The van der Waals surface area contributed by atoms with Crippen molar-refractivity contribution in [1.29, 1.82) is 0 Å². The standard InChI is InChI=1S/C15H18N2O3S/c1-11-9-13(21-12(11)5-3-4-8-18)15(20)17-7-6-16(2)14(19)10-17/h9,18H,4,6-8,10H2,1-2H3. The molecule has 1 aliphatic rings. The minimum absolute atomic E-state index is 0.0343. The summed E-state index contributed by atoms with van der Waals surface area (Å²) in [5.41, 5.74) is 0.953. The Hall–Kier alpha value is -1.84. The van der Waals surface area contributed by atoms with Gasteiger partial charge in [0.2, 0.25) is 5.91 Å². The van der Waals surface area contributed by atoms with Crippen LogP contribution in [0.5, 0.6) is 0 Å². The van der Waals surface area contributed by atoms with Gasteiger partial charge in [-0.15, -0.1) is 11.3 Å². The van der Waals surface area contributed by atoms with Gasteiger partial charge in [0.25, 0.3) is 5.91 Å². The SMILES string of the molecule is Cc1cc(C(=O)N2CCN(C)C(=O)C2)sc1C#CCCO. The highest BCUT2D eigenvalue weighted by atomic mass is 32.1. The molecule has 2 amide bonds. The minimum Gasteiger partial charge on any atom is -0.395 e. The average Bonchev–Trinajstić information content (AvgIpc) is 2.83. The second kappa shape index (κ2) is 6.74. The third kappa shape index (κ3) is 3.63. The normalized spacial score (nSPS) is 14.9. The molecule has 1 fully saturated rings. The predicted molar refractivity (Wildman–Crippen MR) is 81.2 cm³/mol. The Kier molecular flexibility index (Phi) is 4.99. The summed E-state index contributed by atoms with van der Waals surface area (Å²) in [5, 5.41) is 8.73. The molecule has 0 spiro atoms. The number of carbonyl (C=O) groups excluding carboxylic acids is 2. The van der Waals surface area contributed by atoms with E-state index in [1.165, 1.54) is 11.3 Å². The van der Waals surface area contributed by atoms with Crippen molar-refractivity contribution in [2.45, 2.75) is 13.3 Å². The quantitative estimate of drug-likeness (QED) is 0.819. The molecule has 2 rings (SSSR count). The van der Waals surface area contributed by atoms with Crippen molar-refractivity contribution in [3.05, 3.63) is 21.4 Å². The second-order valence-corrected chi connectivity index (χ2v) is 5.99. The molecule has 0 unspecified atom stereocenters. The lowest BCUT2D eigenvalue weighted by molar-refractivity contribution is -0.133. The van der Waals surface area contributed by atoms with E-state index in [-0.39, 0.29) is 25.0 Å². The zero-order valence-corrected chi connectivity index (χ0v) is 13.0. The number of aliphatic hydroxyl groups is 1. The van der Waals surface area contributed by atoms with Crippen LogP contribution in [0.4, 0.5) is 0 Å². The van der Waals surface area contributed by atoms with Crippen molar-refractivity contribution in [3.8, 4) is 11.8 Å². The zero-order valence-electron chi connectivity index (χ0n) is 12.2. The van der Waals surface area contributed by atoms with Crippen molar-refractivity contribution in [1.82, 2.24) is 9.80 Å². The minimum atomic E-state index is -0.111. The number of thiophene rings is 1. The molecule has 1 aromatic rings. The number of rotatable bonds is 2. The molecule has 0 aliphatic carbocycles. The van der Waals surface area contributed by atoms with Crippen LogP contribution in [0.15, 0.2) is 6.07 Å². The number of carbonyl (C=O) groups is 2. The number of aryl methyl sites for hydroxylation is 1. The van der Waals surface area contributed by atoms with Crippen LogP contribution in [0, 0.1) is 18.8 Å². The molecule has 112 valence electrons. The van der Waals surface area contributed by atoms with Crippen LogP contribution in [0.2, 0.25) is 0 Å². The number of hydrogen-bond donors (Lipinski definition) is 1. The maximum absolute atomic E-state index is 12.4. The van der Waals surface area contributed by atoms with Gasteiger partial charge in [-0.1, -0.05) is 11.8 Å². The molecule has 1 saturated heterocycles. The van der Waals surface area contributed by atoms with E-state index in [1.54, 1.807) is 16.8 Å². The lowest BCUT2D eigenvalue weighted by Crippen LogP contribution is -2.50. The molecule has 0 aromatic carbocycles. The third-order valence-electron chi connectivity index (χ3n) is 3.31. The predicted octanol–water partition coefficient (Wildman–Crippen LogP) is 0.705. The summed E-state index contributed by atoms with van der Waals surface area (Å²) in [5.74, 6) is 5.68. The van der Waals surface area contributed by atoms with E-state index in [2.05, 4.69) is 11.8 Å². The molecule has 6 heteroatoms. The van der Waals surface area contributed by atoms with E-state index in [4.69, 9.17) is 5.11 Å². The topological polar surface area (TPSA) is 60.9 Å². The van der Waals surface area contributed by atoms with Crippen molar-refractivity contribution < 1.29 is 14.7 Å². The summed E-state index contributed by atoms with van der Waals surface area (Å²) in [6.45, 7) is 3.21. The van der Waals surface area contributed by atoms with Gasteiger partial charge in [-0.05, 0) is 18.6 Å². The molecule has 1 aromatic heterocycles. The number of hydrogen-bond acceptors (Lipinski definition) is 4. The number of likely N-dealkylation sites (N-methyl/N-ethyl adjacent to an activating group) is 1. The fourth-order valence-corrected chi connectivity index (χ4v) is 3.01. The molecule has 2 heterocycles. The van der Waals surface area contributed by atoms with Crippen molar-refractivity contribution >= 4 is 23.2 Å². The second-order valence-electron chi connectivity index (χ2n) is 4.94. The molecule has 0 saturated carbocycles. The smallest absolute Gasteiger partial charge is 0.264 e. The van der Waals surface area contributed by atoms with Gasteiger partial charge in [0, 0.05) is 26.6 Å². The third-order valence-corrected chi connectivity index (χ3v) is 4.45. The number of piperazine rings is 1. The Morgan fingerprint density at radius 3 is 2.90 bits per heavy atom. The highest BCUT2D eigenvalue weighted by molar-refractivity contribution is 7.14. The molecule has 5 nitrogen and oxygen atoms in total. The Morgan fingerprint density at radius 2 is 2.24 bits per heavy atom. The maximum atomic E-state index is 12.4. The fraction of sp³-hybridized carbons (Fsp3) is 0.467. The van der Waals surface area contributed by atoms with Gasteiger partial charge in [0.1, 0.15) is 6.54 Å². The zero-order chi connectivity index (χ0) is 15.4. The summed E-state index contributed by atoms with van der Waals surface area (Å²) in [7, 11) is 1.74. The summed E-state index contributed by atoms with van der Waals surface area (Å²) in [4.78, 5) is 28.8. The van der Waals surface area contributed by atoms with E-state index >= 15 is 0 Å². The van der Waals surface area contributed by atoms with E-state index in [9.17, 15) is 9.59 Å². The van der Waals surface area contributed by atoms with Crippen LogP contribution in [0.3, 0.4) is 0 Å². The molecule has 0 bridgehead atoms. The van der Waals surface area contributed by atoms with E-state index in [1.807, 2.05) is 13.0 Å². The largest absolute Gasteiger partial charge is 0.395 e. The van der Waals surface area contributed by atoms with Gasteiger partial charge in [0.05, 0.1) is 16.4 Å². The number of nitrogens with zero attached hydrogens (tertiary/aromatic N) is 2. The van der Waals surface area contributed by atoms with Gasteiger partial charge >= 0.3 is 0 Å². The monoisotopic (exact) mass is 306 g/mol. The fourth-order valence-electron chi connectivity index (χ4n) is 2.00. The Labute approximate surface area is 128 Å². The first-order chi connectivity index (χ1) is 10.0. The lowest BCUT2D eigenvalue weighted by atomic mass is 10.2. The van der Waals surface area contributed by atoms with Gasteiger partial charge in [-0.2, -0.15) is 0 Å². The number of aliphatic hydroxyl groups excluding tert-OH is 1. The van der Waals surface area contributed by atoms with Gasteiger partial charge < -0.3 is 14.9 Å². The molecule has 0 atom stereocenters. The Bertz CT molecular complexity index is 612. The van der Waals surface area contributed by atoms with E-state index in [0.29, 0.717) is 24.4 Å². The van der Waals surface area contributed by atoms with Crippen molar-refractivity contribution in [2.24, 2.45) is 0 Å². The van der Waals surface area contributed by atoms with Crippen LogP contribution in [0.25, 0.3) is 0 Å². The first kappa shape index (κ1) is 15.5. The highest BCUT2D eigenvalue weighted by Gasteiger charge is 2.26.